The van der Waals surface area contributed by atoms with Crippen LogP contribution in [0.15, 0.2) is 54.9 Å². The van der Waals surface area contributed by atoms with Gasteiger partial charge < -0.3 is 10.2 Å². The Hall–Kier alpha value is -4.59. The second-order valence-corrected chi connectivity index (χ2v) is 13.3. The number of rotatable bonds is 8. The second kappa shape index (κ2) is 10.2. The van der Waals surface area contributed by atoms with Gasteiger partial charge in [-0.05, 0) is 60.6 Å². The summed E-state index contributed by atoms with van der Waals surface area (Å²) in [5.74, 6) is -2.95. The van der Waals surface area contributed by atoms with Crippen LogP contribution in [-0.4, -0.2) is 85.5 Å². The molecule has 3 aromatic rings. The van der Waals surface area contributed by atoms with Crippen molar-refractivity contribution in [3.05, 3.63) is 77.4 Å². The average molecular weight is 651 g/mol. The first kappa shape index (κ1) is 29.8. The fourth-order valence-electron chi connectivity index (χ4n) is 7.21. The molecule has 3 aliphatic carbocycles. The van der Waals surface area contributed by atoms with Crippen molar-refractivity contribution in [2.45, 2.75) is 68.0 Å². The molecule has 2 aromatic carbocycles. The normalized spacial score (nSPS) is 23.7. The van der Waals surface area contributed by atoms with Crippen LogP contribution in [0.4, 0.5) is 22.4 Å². The number of Topliss-reactive ketones (excluding diaryl/α,β-unsaturated/α-hetero) is 1. The number of fused-ring (bicyclic) bond motifs is 2. The van der Waals surface area contributed by atoms with E-state index in [9.17, 15) is 36.7 Å². The number of ketones is 1. The molecule has 14 heteroatoms. The topological polar surface area (TPSA) is 108 Å². The molecule has 2 aliphatic heterocycles. The number of hydrogen-bond acceptors (Lipinski definition) is 6. The van der Waals surface area contributed by atoms with Crippen molar-refractivity contribution in [1.29, 1.82) is 0 Å². The predicted molar refractivity (Wildman–Crippen MR) is 157 cm³/mol. The number of aromatic nitrogens is 2. The van der Waals surface area contributed by atoms with E-state index in [0.717, 1.165) is 30.8 Å². The third-order valence-electron chi connectivity index (χ3n) is 10.3. The third-order valence-corrected chi connectivity index (χ3v) is 10.3. The molecule has 0 radical (unpaired) electrons. The summed E-state index contributed by atoms with van der Waals surface area (Å²) < 4.78 is 58.0. The summed E-state index contributed by atoms with van der Waals surface area (Å²) in [7, 11) is 0. The lowest BCUT2D eigenvalue weighted by Gasteiger charge is -2.39. The van der Waals surface area contributed by atoms with Gasteiger partial charge in [-0.2, -0.15) is 18.3 Å². The van der Waals surface area contributed by atoms with Gasteiger partial charge in [0.2, 0.25) is 5.91 Å². The maximum atomic E-state index is 14.2. The van der Waals surface area contributed by atoms with E-state index in [0.29, 0.717) is 21.4 Å². The second-order valence-electron chi connectivity index (χ2n) is 13.3. The molecule has 1 spiro atoms. The third kappa shape index (κ3) is 4.75. The van der Waals surface area contributed by atoms with Crippen LogP contribution in [0.5, 0.6) is 0 Å². The first-order valence-electron chi connectivity index (χ1n) is 15.6. The summed E-state index contributed by atoms with van der Waals surface area (Å²) in [6.45, 7) is 0.442. The van der Waals surface area contributed by atoms with Crippen LogP contribution in [0.25, 0.3) is 11.1 Å². The number of nitrogens with one attached hydrogen (secondary N) is 1. The van der Waals surface area contributed by atoms with Crippen molar-refractivity contribution in [2.24, 2.45) is 0 Å². The Morgan fingerprint density at radius 3 is 2.38 bits per heavy atom. The van der Waals surface area contributed by atoms with Crippen molar-refractivity contribution >= 4 is 23.6 Å². The molecule has 8 rings (SSSR count). The molecule has 4 fully saturated rings. The smallest absolute Gasteiger partial charge is 0.322 e. The van der Waals surface area contributed by atoms with Crippen LogP contribution in [0.2, 0.25) is 0 Å². The summed E-state index contributed by atoms with van der Waals surface area (Å²) in [5.41, 5.74) is -1.95. The number of halogens is 4. The Balaban J connectivity index is 1.02. The first-order chi connectivity index (χ1) is 22.4. The highest BCUT2D eigenvalue weighted by Gasteiger charge is 2.68. The van der Waals surface area contributed by atoms with Gasteiger partial charge in [0, 0.05) is 49.4 Å². The highest BCUT2D eigenvalue weighted by molar-refractivity contribution is 6.17. The quantitative estimate of drug-likeness (QED) is 0.290. The summed E-state index contributed by atoms with van der Waals surface area (Å²) >= 11 is 0. The highest BCUT2D eigenvalue weighted by atomic mass is 19.4. The van der Waals surface area contributed by atoms with Crippen LogP contribution in [0.3, 0.4) is 0 Å². The van der Waals surface area contributed by atoms with Crippen molar-refractivity contribution in [3.8, 4) is 11.1 Å². The summed E-state index contributed by atoms with van der Waals surface area (Å²) in [5, 5.41) is 7.09. The lowest BCUT2D eigenvalue weighted by molar-refractivity contribution is -0.202. The molecule has 3 heterocycles. The molecule has 5 aliphatic rings. The molecule has 1 N–H and O–H groups in total. The Morgan fingerprint density at radius 1 is 1.00 bits per heavy atom. The molecule has 10 nitrogen and oxygen atoms in total. The molecule has 4 amide bonds. The molecule has 1 aromatic heterocycles. The fourth-order valence-corrected chi connectivity index (χ4v) is 7.21. The van der Waals surface area contributed by atoms with Gasteiger partial charge in [0.05, 0.1) is 12.2 Å². The van der Waals surface area contributed by atoms with Crippen molar-refractivity contribution < 1.29 is 36.7 Å². The largest absolute Gasteiger partial charge is 0.411 e. The zero-order valence-corrected chi connectivity index (χ0v) is 25.1. The van der Waals surface area contributed by atoms with E-state index in [2.05, 4.69) is 15.3 Å². The number of alkyl halides is 3. The van der Waals surface area contributed by atoms with E-state index in [1.165, 1.54) is 25.0 Å². The van der Waals surface area contributed by atoms with Gasteiger partial charge in [0.25, 0.3) is 5.91 Å². The van der Waals surface area contributed by atoms with Gasteiger partial charge in [-0.15, -0.1) is 0 Å². The molecule has 0 unspecified atom stereocenters. The maximum Gasteiger partial charge on any atom is 0.411 e. The standard InChI is InChI=1S/C33H30F4N6O4/c34-22-4-1-19(2-5-22)14-42(31(9-10-31)33(35,36)37)28(45)18-41-29(46)32(39-30(41)47)12-27(44)25-11-20(3-8-26(25)32)21-13-38-43(15-21)24-16-40(17-24)23-6-7-23/h1-5,8,11,13,15,23-24H,6-7,9-10,12,14,16-18H2,(H,39,47)/t32-/m0/s1. The zero-order valence-electron chi connectivity index (χ0n) is 25.1. The maximum absolute atomic E-state index is 14.2. The molecular weight excluding hydrogens is 620 g/mol. The monoisotopic (exact) mass is 650 g/mol. The number of carbonyl (C=O) groups excluding carboxylic acids is 4. The Morgan fingerprint density at radius 2 is 1.72 bits per heavy atom. The minimum Gasteiger partial charge on any atom is -0.322 e. The first-order valence-corrected chi connectivity index (χ1v) is 15.6. The van der Waals surface area contributed by atoms with E-state index in [1.54, 1.807) is 24.4 Å². The van der Waals surface area contributed by atoms with Crippen LogP contribution < -0.4 is 5.32 Å². The number of urea groups is 1. The number of hydrogen-bond donors (Lipinski definition) is 1. The average Bonchev–Trinajstić information content (AvgIpc) is 3.92. The lowest BCUT2D eigenvalue weighted by atomic mass is 9.90. The molecule has 1 atom stereocenters. The number of amides is 4. The van der Waals surface area contributed by atoms with E-state index >= 15 is 0 Å². The highest BCUT2D eigenvalue weighted by Crippen LogP contribution is 2.54. The van der Waals surface area contributed by atoms with Gasteiger partial charge in [-0.3, -0.25) is 28.9 Å². The fraction of sp³-hybridized carbons (Fsp3) is 0.424. The van der Waals surface area contributed by atoms with Crippen LogP contribution in [0.1, 0.15) is 59.6 Å². The van der Waals surface area contributed by atoms with Gasteiger partial charge in [0.15, 0.2) is 11.3 Å². The number of carbonyl (C=O) groups is 4. The molecular formula is C33H30F4N6O4. The van der Waals surface area contributed by atoms with E-state index in [-0.39, 0.29) is 47.8 Å². The van der Waals surface area contributed by atoms with Crippen molar-refractivity contribution in [2.75, 3.05) is 19.6 Å². The van der Waals surface area contributed by atoms with E-state index in [1.807, 2.05) is 10.9 Å². The number of likely N-dealkylation sites (tertiary alicyclic amines) is 1. The minimum absolute atomic E-state index is 0.243. The number of benzene rings is 2. The van der Waals surface area contributed by atoms with E-state index in [4.69, 9.17) is 0 Å². The van der Waals surface area contributed by atoms with Crippen LogP contribution in [-0.2, 0) is 21.7 Å². The molecule has 47 heavy (non-hydrogen) atoms. The summed E-state index contributed by atoms with van der Waals surface area (Å²) in [4.78, 5) is 57.5. The number of imide groups is 1. The number of nitrogens with zero attached hydrogens (tertiary/aromatic N) is 5. The Bertz CT molecular complexity index is 1830. The predicted octanol–water partition coefficient (Wildman–Crippen LogP) is 4.17. The molecule has 0 bridgehead atoms. The molecule has 244 valence electrons. The van der Waals surface area contributed by atoms with Gasteiger partial charge in [-0.25, -0.2) is 9.18 Å². The van der Waals surface area contributed by atoms with Gasteiger partial charge in [0.1, 0.15) is 17.9 Å². The zero-order chi connectivity index (χ0) is 32.9. The van der Waals surface area contributed by atoms with Crippen LogP contribution >= 0.6 is 0 Å². The van der Waals surface area contributed by atoms with Crippen molar-refractivity contribution in [3.63, 3.8) is 0 Å². The van der Waals surface area contributed by atoms with Gasteiger partial charge in [-0.1, -0.05) is 24.3 Å². The Labute approximate surface area is 266 Å². The minimum atomic E-state index is -4.76. The Kier molecular flexibility index (Phi) is 6.47. The van der Waals surface area contributed by atoms with Crippen molar-refractivity contribution in [1.82, 2.24) is 29.8 Å². The van der Waals surface area contributed by atoms with E-state index < -0.39 is 54.0 Å². The SMILES string of the molecule is O=C1C[C@]2(NC(=O)N(CC(=O)N(Cc3ccc(F)cc3)C3(C(F)(F)F)CC3)C2=O)c2ccc(-c3cnn(C4CN(C5CC5)C4)c3)cc21. The van der Waals surface area contributed by atoms with Crippen LogP contribution in [0, 0.1) is 5.82 Å². The van der Waals surface area contributed by atoms with Gasteiger partial charge >= 0.3 is 12.2 Å². The molecule has 2 saturated heterocycles. The summed E-state index contributed by atoms with van der Waals surface area (Å²) in [6.07, 6.45) is 0.310. The lowest BCUT2D eigenvalue weighted by Crippen LogP contribution is -2.54. The molecule has 2 saturated carbocycles. The summed E-state index contributed by atoms with van der Waals surface area (Å²) in [6, 6.07) is 9.69.